The van der Waals surface area contributed by atoms with Crippen molar-refractivity contribution in [3.05, 3.63) is 35.1 Å². The van der Waals surface area contributed by atoms with Gasteiger partial charge in [-0.15, -0.1) is 0 Å². The molecule has 3 N–H and O–H groups in total. The molecule has 0 bridgehead atoms. The summed E-state index contributed by atoms with van der Waals surface area (Å²) in [5.41, 5.74) is 2.00. The van der Waals surface area contributed by atoms with Crippen LogP contribution in [-0.2, 0) is 14.6 Å². The van der Waals surface area contributed by atoms with E-state index >= 15 is 0 Å². The van der Waals surface area contributed by atoms with E-state index in [0.29, 0.717) is 17.8 Å². The van der Waals surface area contributed by atoms with E-state index in [1.807, 2.05) is 0 Å². The summed E-state index contributed by atoms with van der Waals surface area (Å²) < 4.78 is 25.0. The van der Waals surface area contributed by atoms with Gasteiger partial charge in [0.25, 0.3) is 0 Å². The normalized spacial score (nSPS) is 14.2. The summed E-state index contributed by atoms with van der Waals surface area (Å²) in [7, 11) is -3.35. The highest BCUT2D eigenvalue weighted by Crippen LogP contribution is 2.44. The standard InChI is InChI=1S/C15H16ClN5O3S/c1-25(23,24)10-4-5-13(11(16)6-10)21-14(9-2-3-9)12(7-19-21)20-15(17)18-8-22/h4-9H,2-3H2,1H3,(H3,17,18,20,22). The van der Waals surface area contributed by atoms with Crippen LogP contribution in [0.4, 0.5) is 5.69 Å². The van der Waals surface area contributed by atoms with Crippen LogP contribution in [0.15, 0.2) is 29.3 Å². The van der Waals surface area contributed by atoms with Crippen molar-refractivity contribution in [1.29, 1.82) is 5.41 Å². The van der Waals surface area contributed by atoms with Crippen molar-refractivity contribution in [2.75, 3.05) is 11.6 Å². The van der Waals surface area contributed by atoms with Gasteiger partial charge < -0.3 is 5.32 Å². The Hall–Kier alpha value is -2.39. The second kappa shape index (κ2) is 6.49. The molecule has 25 heavy (non-hydrogen) atoms. The van der Waals surface area contributed by atoms with Crippen molar-refractivity contribution in [1.82, 2.24) is 15.1 Å². The van der Waals surface area contributed by atoms with Gasteiger partial charge in [0.1, 0.15) is 0 Å². The highest BCUT2D eigenvalue weighted by Gasteiger charge is 2.31. The third-order valence-electron chi connectivity index (χ3n) is 3.81. The van der Waals surface area contributed by atoms with Crippen LogP contribution in [0.3, 0.4) is 0 Å². The first kappa shape index (κ1) is 17.4. The fourth-order valence-corrected chi connectivity index (χ4v) is 3.49. The van der Waals surface area contributed by atoms with Crippen molar-refractivity contribution < 1.29 is 13.2 Å². The largest absolute Gasteiger partial charge is 0.323 e. The zero-order valence-electron chi connectivity index (χ0n) is 13.3. The van der Waals surface area contributed by atoms with Gasteiger partial charge in [-0.05, 0) is 31.0 Å². The van der Waals surface area contributed by atoms with E-state index in [2.05, 4.69) is 15.7 Å². The quantitative estimate of drug-likeness (QED) is 0.415. The van der Waals surface area contributed by atoms with E-state index in [0.717, 1.165) is 24.8 Å². The van der Waals surface area contributed by atoms with Gasteiger partial charge in [-0.25, -0.2) is 13.1 Å². The number of hydrogen-bond donors (Lipinski definition) is 3. The number of guanidine groups is 1. The molecular formula is C15H16ClN5O3S. The Morgan fingerprint density at radius 3 is 2.72 bits per heavy atom. The summed E-state index contributed by atoms with van der Waals surface area (Å²) in [6.45, 7) is 0. The average molecular weight is 382 g/mol. The molecule has 0 unspecified atom stereocenters. The van der Waals surface area contributed by atoms with Crippen LogP contribution in [0, 0.1) is 5.41 Å². The van der Waals surface area contributed by atoms with Gasteiger partial charge in [-0.2, -0.15) is 5.10 Å². The minimum absolute atomic E-state index is 0.136. The molecule has 3 rings (SSSR count). The Balaban J connectivity index is 2.02. The van der Waals surface area contributed by atoms with E-state index in [-0.39, 0.29) is 21.8 Å². The first-order valence-electron chi connectivity index (χ1n) is 7.45. The monoisotopic (exact) mass is 381 g/mol. The minimum Gasteiger partial charge on any atom is -0.323 e. The molecule has 8 nitrogen and oxygen atoms in total. The molecule has 0 saturated heterocycles. The molecule has 2 aromatic rings. The Bertz CT molecular complexity index is 950. The van der Waals surface area contributed by atoms with Crippen LogP contribution in [0.1, 0.15) is 24.5 Å². The lowest BCUT2D eigenvalue weighted by Crippen LogP contribution is -2.28. The fraction of sp³-hybridized carbons (Fsp3) is 0.267. The number of amides is 1. The molecule has 1 heterocycles. The maximum Gasteiger partial charge on any atom is 0.213 e. The number of sulfone groups is 1. The molecule has 0 radical (unpaired) electrons. The molecular weight excluding hydrogens is 366 g/mol. The molecule has 1 saturated carbocycles. The molecule has 0 aliphatic heterocycles. The lowest BCUT2D eigenvalue weighted by Gasteiger charge is -2.12. The molecule has 1 aromatic heterocycles. The molecule has 0 atom stereocenters. The topological polar surface area (TPSA) is 117 Å². The number of nitrogens with one attached hydrogen (secondary N) is 3. The van der Waals surface area contributed by atoms with Gasteiger partial charge >= 0.3 is 0 Å². The molecule has 0 spiro atoms. The summed E-state index contributed by atoms with van der Waals surface area (Å²) in [6.07, 6.45) is 5.05. The fourth-order valence-electron chi connectivity index (χ4n) is 2.52. The third kappa shape index (κ3) is 3.67. The molecule has 1 aliphatic rings. The van der Waals surface area contributed by atoms with Crippen molar-refractivity contribution in [2.45, 2.75) is 23.7 Å². The predicted octanol–water partition coefficient (Wildman–Crippen LogP) is 1.90. The van der Waals surface area contributed by atoms with Crippen LogP contribution < -0.4 is 10.6 Å². The summed E-state index contributed by atoms with van der Waals surface area (Å²) >= 11 is 6.29. The predicted molar refractivity (Wildman–Crippen MR) is 94.2 cm³/mol. The molecule has 1 fully saturated rings. The van der Waals surface area contributed by atoms with E-state index in [1.165, 1.54) is 12.1 Å². The van der Waals surface area contributed by atoms with Gasteiger partial charge in [0.15, 0.2) is 15.8 Å². The smallest absolute Gasteiger partial charge is 0.213 e. The maximum absolute atomic E-state index is 11.7. The highest BCUT2D eigenvalue weighted by atomic mass is 35.5. The SMILES string of the molecule is CS(=O)(=O)c1ccc(-n2ncc(NC(=N)NC=O)c2C2CC2)c(Cl)c1. The van der Waals surface area contributed by atoms with Crippen molar-refractivity contribution in [3.63, 3.8) is 0 Å². The third-order valence-corrected chi connectivity index (χ3v) is 5.22. The zero-order chi connectivity index (χ0) is 18.2. The van der Waals surface area contributed by atoms with Crippen LogP contribution in [0.25, 0.3) is 5.69 Å². The second-order valence-corrected chi connectivity index (χ2v) is 8.20. The van der Waals surface area contributed by atoms with Gasteiger partial charge in [-0.1, -0.05) is 11.6 Å². The van der Waals surface area contributed by atoms with Crippen LogP contribution >= 0.6 is 11.6 Å². The molecule has 1 aromatic carbocycles. The van der Waals surface area contributed by atoms with E-state index in [1.54, 1.807) is 16.9 Å². The van der Waals surface area contributed by atoms with Gasteiger partial charge in [0, 0.05) is 12.2 Å². The number of anilines is 1. The molecule has 1 amide bonds. The summed E-state index contributed by atoms with van der Waals surface area (Å²) in [4.78, 5) is 10.6. The summed E-state index contributed by atoms with van der Waals surface area (Å²) in [5.74, 6) is 0.106. The number of benzene rings is 1. The number of carbonyl (C=O) groups excluding carboxylic acids is 1. The first-order valence-corrected chi connectivity index (χ1v) is 9.72. The van der Waals surface area contributed by atoms with Gasteiger partial charge in [-0.3, -0.25) is 15.5 Å². The van der Waals surface area contributed by atoms with Crippen LogP contribution in [0.5, 0.6) is 0 Å². The molecule has 10 heteroatoms. The Morgan fingerprint density at radius 1 is 1.44 bits per heavy atom. The van der Waals surface area contributed by atoms with Gasteiger partial charge in [0.05, 0.1) is 33.2 Å². The Morgan fingerprint density at radius 2 is 2.16 bits per heavy atom. The summed E-state index contributed by atoms with van der Waals surface area (Å²) in [6, 6.07) is 4.49. The van der Waals surface area contributed by atoms with E-state index in [4.69, 9.17) is 17.0 Å². The molecule has 1 aliphatic carbocycles. The van der Waals surface area contributed by atoms with Crippen molar-refractivity contribution >= 4 is 39.5 Å². The van der Waals surface area contributed by atoms with Gasteiger partial charge in [0.2, 0.25) is 6.41 Å². The lowest BCUT2D eigenvalue weighted by atomic mass is 10.2. The highest BCUT2D eigenvalue weighted by molar-refractivity contribution is 7.90. The number of aromatic nitrogens is 2. The zero-order valence-corrected chi connectivity index (χ0v) is 14.9. The minimum atomic E-state index is -3.35. The Kier molecular flexibility index (Phi) is 4.53. The van der Waals surface area contributed by atoms with Crippen molar-refractivity contribution in [2.24, 2.45) is 0 Å². The average Bonchev–Trinajstić information content (AvgIpc) is 3.28. The number of carbonyl (C=O) groups is 1. The molecule has 132 valence electrons. The first-order chi connectivity index (χ1) is 11.8. The van der Waals surface area contributed by atoms with E-state index < -0.39 is 9.84 Å². The Labute approximate surface area is 149 Å². The number of hydrogen-bond acceptors (Lipinski definition) is 5. The lowest BCUT2D eigenvalue weighted by molar-refractivity contribution is -0.108. The van der Waals surface area contributed by atoms with Crippen LogP contribution in [0.2, 0.25) is 5.02 Å². The number of nitrogens with zero attached hydrogens (tertiary/aromatic N) is 2. The van der Waals surface area contributed by atoms with E-state index in [9.17, 15) is 13.2 Å². The second-order valence-electron chi connectivity index (χ2n) is 5.78. The number of halogens is 1. The van der Waals surface area contributed by atoms with Crippen LogP contribution in [-0.4, -0.2) is 36.8 Å². The summed E-state index contributed by atoms with van der Waals surface area (Å²) in [5, 5.41) is 17.3. The number of rotatable bonds is 5. The van der Waals surface area contributed by atoms with Crippen molar-refractivity contribution in [3.8, 4) is 5.69 Å². The maximum atomic E-state index is 11.7.